The van der Waals surface area contributed by atoms with Crippen LogP contribution in [0.25, 0.3) is 0 Å². The highest BCUT2D eigenvalue weighted by Gasteiger charge is 2.53. The van der Waals surface area contributed by atoms with Crippen molar-refractivity contribution in [1.29, 1.82) is 0 Å². The summed E-state index contributed by atoms with van der Waals surface area (Å²) in [6.45, 7) is 25.3. The molecule has 0 radical (unpaired) electrons. The van der Waals surface area contributed by atoms with Gasteiger partial charge >= 0.3 is 0 Å². The van der Waals surface area contributed by atoms with Crippen molar-refractivity contribution in [1.82, 2.24) is 0 Å². The van der Waals surface area contributed by atoms with E-state index < -0.39 is 0 Å². The Kier molecular flexibility index (Phi) is 7.67. The average Bonchev–Trinajstić information content (AvgIpc) is 2.33. The number of aliphatic hydroxyl groups excluding tert-OH is 1. The van der Waals surface area contributed by atoms with Gasteiger partial charge in [-0.2, -0.15) is 0 Å². The quantitative estimate of drug-likeness (QED) is 0.512. The molecule has 0 amide bonds. The molecule has 134 valence electrons. The molecule has 22 heavy (non-hydrogen) atoms. The highest BCUT2D eigenvalue weighted by molar-refractivity contribution is 5.01. The van der Waals surface area contributed by atoms with Crippen molar-refractivity contribution in [3.8, 4) is 0 Å². The molecule has 0 aromatic rings. The molecule has 0 aromatic carbocycles. The summed E-state index contributed by atoms with van der Waals surface area (Å²) in [5, 5.41) is 10.4. The Morgan fingerprint density at radius 1 is 0.818 bits per heavy atom. The third kappa shape index (κ3) is 4.49. The molecule has 3 atom stereocenters. The van der Waals surface area contributed by atoms with E-state index in [1.165, 1.54) is 19.3 Å². The molecule has 0 rings (SSSR count). The predicted octanol–water partition coefficient (Wildman–Crippen LogP) is 6.54. The first-order valence-corrected chi connectivity index (χ1v) is 9.38. The van der Waals surface area contributed by atoms with Crippen molar-refractivity contribution in [2.75, 3.05) is 0 Å². The van der Waals surface area contributed by atoms with E-state index in [4.69, 9.17) is 0 Å². The van der Waals surface area contributed by atoms with E-state index in [1.807, 2.05) is 6.92 Å². The zero-order valence-corrected chi connectivity index (χ0v) is 17.4. The fourth-order valence-electron chi connectivity index (χ4n) is 4.05. The van der Waals surface area contributed by atoms with Crippen molar-refractivity contribution < 1.29 is 5.11 Å². The molecule has 0 saturated heterocycles. The van der Waals surface area contributed by atoms with Gasteiger partial charge in [0.1, 0.15) is 0 Å². The Bertz CT molecular complexity index is 325. The predicted molar refractivity (Wildman–Crippen MR) is 100 cm³/mol. The van der Waals surface area contributed by atoms with Crippen LogP contribution in [0.1, 0.15) is 95.4 Å². The Labute approximate surface area is 141 Å². The van der Waals surface area contributed by atoms with E-state index in [9.17, 15) is 5.11 Å². The molecule has 0 saturated carbocycles. The molecule has 0 bridgehead atoms. The lowest BCUT2D eigenvalue weighted by Crippen LogP contribution is -2.53. The third-order valence-corrected chi connectivity index (χ3v) is 7.39. The van der Waals surface area contributed by atoms with Crippen LogP contribution in [-0.4, -0.2) is 11.2 Å². The smallest absolute Gasteiger partial charge is 0.0568 e. The summed E-state index contributed by atoms with van der Waals surface area (Å²) in [5.74, 6) is 2.16. The van der Waals surface area contributed by atoms with Crippen molar-refractivity contribution in [2.45, 2.75) is 102 Å². The lowest BCUT2D eigenvalue weighted by Gasteiger charge is -2.57. The fraction of sp³-hybridized carbons (Fsp3) is 1.00. The van der Waals surface area contributed by atoms with Gasteiger partial charge in [0.15, 0.2) is 0 Å². The summed E-state index contributed by atoms with van der Waals surface area (Å²) in [6, 6.07) is 0. The molecular formula is C21H44O. The van der Waals surface area contributed by atoms with E-state index in [0.717, 1.165) is 11.8 Å². The maximum absolute atomic E-state index is 10.4. The minimum Gasteiger partial charge on any atom is -0.393 e. The lowest BCUT2D eigenvalue weighted by molar-refractivity contribution is -0.120. The molecule has 0 fully saturated rings. The van der Waals surface area contributed by atoms with Crippen molar-refractivity contribution in [3.05, 3.63) is 0 Å². The van der Waals surface area contributed by atoms with Gasteiger partial charge in [-0.25, -0.2) is 0 Å². The Morgan fingerprint density at radius 3 is 1.59 bits per heavy atom. The molecule has 1 N–H and O–H groups in total. The van der Waals surface area contributed by atoms with Crippen LogP contribution in [0.2, 0.25) is 0 Å². The zero-order valence-electron chi connectivity index (χ0n) is 17.4. The summed E-state index contributed by atoms with van der Waals surface area (Å²) < 4.78 is 0. The average molecular weight is 313 g/mol. The molecule has 0 aromatic heterocycles. The SMILES string of the molecule is CC(C)CC(C)CCC(C)(C(C)C)C(C)(C)C(C)(C)C(C)O. The van der Waals surface area contributed by atoms with Gasteiger partial charge in [0.05, 0.1) is 6.10 Å². The maximum Gasteiger partial charge on any atom is 0.0568 e. The van der Waals surface area contributed by atoms with E-state index >= 15 is 0 Å². The topological polar surface area (TPSA) is 20.2 Å². The van der Waals surface area contributed by atoms with Crippen LogP contribution in [0.5, 0.6) is 0 Å². The van der Waals surface area contributed by atoms with Gasteiger partial charge in [0, 0.05) is 0 Å². The number of aliphatic hydroxyl groups is 1. The van der Waals surface area contributed by atoms with Crippen LogP contribution in [-0.2, 0) is 0 Å². The number of hydrogen-bond acceptors (Lipinski definition) is 1. The van der Waals surface area contributed by atoms with Crippen LogP contribution in [0.4, 0.5) is 0 Å². The van der Waals surface area contributed by atoms with E-state index in [1.54, 1.807) is 0 Å². The lowest BCUT2D eigenvalue weighted by atomic mass is 9.48. The first-order valence-electron chi connectivity index (χ1n) is 9.38. The van der Waals surface area contributed by atoms with Gasteiger partial charge in [0.25, 0.3) is 0 Å². The molecular weight excluding hydrogens is 268 g/mol. The fourth-order valence-corrected chi connectivity index (χ4v) is 4.05. The molecule has 0 heterocycles. The van der Waals surface area contributed by atoms with E-state index in [2.05, 4.69) is 69.2 Å². The van der Waals surface area contributed by atoms with Gasteiger partial charge in [-0.05, 0) is 53.8 Å². The van der Waals surface area contributed by atoms with Crippen LogP contribution < -0.4 is 0 Å². The van der Waals surface area contributed by atoms with Gasteiger partial charge in [-0.15, -0.1) is 0 Å². The third-order valence-electron chi connectivity index (χ3n) is 7.39. The number of rotatable bonds is 9. The van der Waals surface area contributed by atoms with Gasteiger partial charge in [-0.3, -0.25) is 0 Å². The summed E-state index contributed by atoms with van der Waals surface area (Å²) in [5.41, 5.74) is 0.186. The normalized spacial score (nSPS) is 19.4. The molecule has 0 aliphatic heterocycles. The van der Waals surface area contributed by atoms with Crippen molar-refractivity contribution in [3.63, 3.8) is 0 Å². The maximum atomic E-state index is 10.4. The molecule has 3 unspecified atom stereocenters. The summed E-state index contributed by atoms with van der Waals surface area (Å²) in [4.78, 5) is 0. The zero-order chi connectivity index (χ0) is 17.9. The first kappa shape index (κ1) is 22.0. The van der Waals surface area contributed by atoms with Gasteiger partial charge in [-0.1, -0.05) is 75.7 Å². The molecule has 0 aliphatic rings. The summed E-state index contributed by atoms with van der Waals surface area (Å²) >= 11 is 0. The second kappa shape index (κ2) is 7.69. The standard InChI is InChI=1S/C21H44O/c1-15(2)14-17(5)12-13-21(11,16(3)4)20(9,10)19(7,8)18(6)22/h15-18,22H,12-14H2,1-11H3. The Hall–Kier alpha value is -0.0400. The largest absolute Gasteiger partial charge is 0.393 e. The minimum absolute atomic E-state index is 0.0693. The summed E-state index contributed by atoms with van der Waals surface area (Å²) in [6.07, 6.45) is 3.54. The first-order chi connectivity index (χ1) is 9.70. The van der Waals surface area contributed by atoms with Gasteiger partial charge < -0.3 is 5.11 Å². The number of hydrogen-bond donors (Lipinski definition) is 1. The van der Waals surface area contributed by atoms with E-state index in [0.29, 0.717) is 5.92 Å². The highest BCUT2D eigenvalue weighted by Crippen LogP contribution is 2.58. The molecule has 0 aliphatic carbocycles. The van der Waals surface area contributed by atoms with Crippen LogP contribution in [0.3, 0.4) is 0 Å². The van der Waals surface area contributed by atoms with E-state index in [-0.39, 0.29) is 22.3 Å². The minimum atomic E-state index is -0.298. The Morgan fingerprint density at radius 2 is 1.27 bits per heavy atom. The molecule has 1 heteroatoms. The van der Waals surface area contributed by atoms with Crippen LogP contribution in [0, 0.1) is 34.0 Å². The molecule has 0 spiro atoms. The monoisotopic (exact) mass is 312 g/mol. The Balaban J connectivity index is 5.33. The highest BCUT2D eigenvalue weighted by atomic mass is 16.3. The van der Waals surface area contributed by atoms with Crippen LogP contribution in [0.15, 0.2) is 0 Å². The van der Waals surface area contributed by atoms with Crippen LogP contribution >= 0.6 is 0 Å². The van der Waals surface area contributed by atoms with Crippen molar-refractivity contribution in [2.24, 2.45) is 34.0 Å². The van der Waals surface area contributed by atoms with Crippen molar-refractivity contribution >= 4 is 0 Å². The second-order valence-electron chi connectivity index (χ2n) is 9.87. The second-order valence-corrected chi connectivity index (χ2v) is 9.87. The summed E-state index contributed by atoms with van der Waals surface area (Å²) in [7, 11) is 0. The van der Waals surface area contributed by atoms with Gasteiger partial charge in [0.2, 0.25) is 0 Å². The molecule has 1 nitrogen and oxygen atoms in total.